The fourth-order valence-electron chi connectivity index (χ4n) is 4.73. The molecule has 0 saturated carbocycles. The van der Waals surface area contributed by atoms with E-state index in [9.17, 15) is 22.8 Å². The summed E-state index contributed by atoms with van der Waals surface area (Å²) in [5.74, 6) is 0.262. The third kappa shape index (κ3) is 8.70. The Labute approximate surface area is 235 Å². The number of ether oxygens (including phenoxy) is 1. The van der Waals surface area contributed by atoms with Crippen LogP contribution in [0.15, 0.2) is 60.7 Å². The van der Waals surface area contributed by atoms with Gasteiger partial charge in [0.1, 0.15) is 18.1 Å². The van der Waals surface area contributed by atoms with Crippen molar-refractivity contribution in [3.63, 3.8) is 0 Å². The quantitative estimate of drug-likeness (QED) is 0.191. The maximum Gasteiger partial charge on any atom is 0.389 e. The Kier molecular flexibility index (Phi) is 10.2. The standard InChI is InChI=1S/C33H38F3NO3/c1-22-20-28(21-23(2)30(22)25-13-15-27(16-14-25)32(3,4)5)40-29(8-6-17-33(34,35)36)24-9-11-26(12-10-24)31(39)37-18-7-19-38/h9-16,19-21,29H,6-8,17-18H2,1-5H3,(H,37,39). The fraction of sp³-hybridized carbons (Fsp3) is 0.394. The molecule has 1 atom stereocenters. The number of benzene rings is 3. The zero-order valence-electron chi connectivity index (χ0n) is 23.8. The average molecular weight is 554 g/mol. The summed E-state index contributed by atoms with van der Waals surface area (Å²) in [6.45, 7) is 10.8. The Morgan fingerprint density at radius 1 is 0.950 bits per heavy atom. The van der Waals surface area contributed by atoms with Crippen LogP contribution >= 0.6 is 0 Å². The van der Waals surface area contributed by atoms with Gasteiger partial charge in [-0.25, -0.2) is 0 Å². The zero-order chi connectivity index (χ0) is 29.5. The van der Waals surface area contributed by atoms with Crippen LogP contribution in [0.2, 0.25) is 0 Å². The van der Waals surface area contributed by atoms with Gasteiger partial charge in [0.2, 0.25) is 0 Å². The minimum absolute atomic E-state index is 0.0554. The van der Waals surface area contributed by atoms with E-state index in [-0.39, 0.29) is 37.1 Å². The van der Waals surface area contributed by atoms with Gasteiger partial charge in [0.25, 0.3) is 5.91 Å². The molecule has 0 fully saturated rings. The molecule has 0 spiro atoms. The predicted octanol–water partition coefficient (Wildman–Crippen LogP) is 8.44. The lowest BCUT2D eigenvalue weighted by Gasteiger charge is -2.22. The minimum atomic E-state index is -4.24. The molecule has 1 N–H and O–H groups in total. The molecule has 0 aromatic heterocycles. The monoisotopic (exact) mass is 553 g/mol. The molecule has 0 heterocycles. The fourth-order valence-corrected chi connectivity index (χ4v) is 4.73. The Morgan fingerprint density at radius 2 is 1.55 bits per heavy atom. The van der Waals surface area contributed by atoms with Gasteiger partial charge >= 0.3 is 6.18 Å². The van der Waals surface area contributed by atoms with E-state index in [4.69, 9.17) is 4.74 Å². The summed E-state index contributed by atoms with van der Waals surface area (Å²) in [6.07, 6.45) is -4.73. The number of halogens is 3. The lowest BCUT2D eigenvalue weighted by molar-refractivity contribution is -0.136. The second-order valence-electron chi connectivity index (χ2n) is 11.2. The molecule has 3 aromatic rings. The van der Waals surface area contributed by atoms with Crippen LogP contribution in [0.25, 0.3) is 11.1 Å². The Bertz CT molecular complexity index is 1270. The maximum absolute atomic E-state index is 12.9. The molecule has 3 aromatic carbocycles. The summed E-state index contributed by atoms with van der Waals surface area (Å²) < 4.78 is 45.0. The number of amides is 1. The van der Waals surface area contributed by atoms with Crippen molar-refractivity contribution in [2.24, 2.45) is 0 Å². The molecule has 0 bridgehead atoms. The summed E-state index contributed by atoms with van der Waals surface area (Å²) in [5, 5.41) is 2.65. The van der Waals surface area contributed by atoms with Crippen molar-refractivity contribution in [3.8, 4) is 16.9 Å². The first kappa shape index (κ1) is 30.9. The van der Waals surface area contributed by atoms with Crippen LogP contribution in [0.3, 0.4) is 0 Å². The molecule has 0 radical (unpaired) electrons. The van der Waals surface area contributed by atoms with E-state index in [0.717, 1.165) is 28.5 Å². The predicted molar refractivity (Wildman–Crippen MR) is 153 cm³/mol. The van der Waals surface area contributed by atoms with Gasteiger partial charge in [-0.15, -0.1) is 0 Å². The van der Waals surface area contributed by atoms with Gasteiger partial charge in [-0.05, 0) is 89.8 Å². The number of alkyl halides is 3. The SMILES string of the molecule is Cc1cc(OC(CCCC(F)(F)F)c2ccc(C(=O)NCCC=O)cc2)cc(C)c1-c1ccc(C(C)(C)C)cc1. The van der Waals surface area contributed by atoms with E-state index < -0.39 is 18.7 Å². The largest absolute Gasteiger partial charge is 0.486 e. The second kappa shape index (κ2) is 13.2. The zero-order valence-corrected chi connectivity index (χ0v) is 23.8. The van der Waals surface area contributed by atoms with E-state index in [1.54, 1.807) is 24.3 Å². The van der Waals surface area contributed by atoms with E-state index in [2.05, 4.69) is 50.4 Å². The highest BCUT2D eigenvalue weighted by atomic mass is 19.4. The molecule has 1 unspecified atom stereocenters. The van der Waals surface area contributed by atoms with Gasteiger partial charge in [-0.3, -0.25) is 4.79 Å². The van der Waals surface area contributed by atoms with Crippen molar-refractivity contribution in [1.82, 2.24) is 5.32 Å². The molecule has 0 saturated heterocycles. The Morgan fingerprint density at radius 3 is 2.08 bits per heavy atom. The summed E-state index contributed by atoms with van der Waals surface area (Å²) >= 11 is 0. The maximum atomic E-state index is 12.9. The summed E-state index contributed by atoms with van der Waals surface area (Å²) in [5.41, 5.74) is 6.60. The molecule has 3 rings (SSSR count). The number of aldehydes is 1. The van der Waals surface area contributed by atoms with E-state index in [1.807, 2.05) is 26.0 Å². The van der Waals surface area contributed by atoms with Gasteiger partial charge in [-0.1, -0.05) is 57.2 Å². The van der Waals surface area contributed by atoms with Crippen molar-refractivity contribution in [3.05, 3.63) is 88.5 Å². The van der Waals surface area contributed by atoms with E-state index >= 15 is 0 Å². The third-order valence-corrected chi connectivity index (χ3v) is 6.84. The van der Waals surface area contributed by atoms with Crippen molar-refractivity contribution >= 4 is 12.2 Å². The Balaban J connectivity index is 1.84. The topological polar surface area (TPSA) is 55.4 Å². The number of carbonyl (C=O) groups is 2. The smallest absolute Gasteiger partial charge is 0.389 e. The molecular weight excluding hydrogens is 515 g/mol. The summed E-state index contributed by atoms with van der Waals surface area (Å²) in [6, 6.07) is 19.0. The highest BCUT2D eigenvalue weighted by molar-refractivity contribution is 5.94. The number of hydrogen-bond acceptors (Lipinski definition) is 3. The van der Waals surface area contributed by atoms with Gasteiger partial charge < -0.3 is 14.8 Å². The molecule has 0 aliphatic rings. The van der Waals surface area contributed by atoms with Crippen LogP contribution in [0.4, 0.5) is 13.2 Å². The average Bonchev–Trinajstić information content (AvgIpc) is 2.87. The number of carbonyl (C=O) groups excluding carboxylic acids is 2. The molecule has 0 aliphatic heterocycles. The molecular formula is C33H38F3NO3. The third-order valence-electron chi connectivity index (χ3n) is 6.84. The molecule has 214 valence electrons. The molecule has 40 heavy (non-hydrogen) atoms. The van der Waals surface area contributed by atoms with Crippen molar-refractivity contribution in [1.29, 1.82) is 0 Å². The van der Waals surface area contributed by atoms with Crippen LogP contribution in [-0.4, -0.2) is 24.9 Å². The highest BCUT2D eigenvalue weighted by Crippen LogP contribution is 2.36. The number of aryl methyl sites for hydroxylation is 2. The molecule has 7 heteroatoms. The highest BCUT2D eigenvalue weighted by Gasteiger charge is 2.27. The minimum Gasteiger partial charge on any atom is -0.486 e. The van der Waals surface area contributed by atoms with Crippen molar-refractivity contribution in [2.45, 2.75) is 78.0 Å². The first-order valence-electron chi connectivity index (χ1n) is 13.6. The first-order chi connectivity index (χ1) is 18.8. The number of rotatable bonds is 11. The second-order valence-corrected chi connectivity index (χ2v) is 11.2. The first-order valence-corrected chi connectivity index (χ1v) is 13.6. The number of nitrogens with one attached hydrogen (secondary N) is 1. The van der Waals surface area contributed by atoms with Crippen LogP contribution in [0.1, 0.15) is 85.2 Å². The van der Waals surface area contributed by atoms with Gasteiger partial charge in [0, 0.05) is 24.9 Å². The molecule has 1 amide bonds. The lowest BCUT2D eigenvalue weighted by atomic mass is 9.85. The normalized spacial score (nSPS) is 12.6. The van der Waals surface area contributed by atoms with Gasteiger partial charge in [0.15, 0.2) is 0 Å². The van der Waals surface area contributed by atoms with E-state index in [1.165, 1.54) is 5.56 Å². The van der Waals surface area contributed by atoms with Crippen LogP contribution < -0.4 is 10.1 Å². The Hall–Kier alpha value is -3.61. The number of hydrogen-bond donors (Lipinski definition) is 1. The van der Waals surface area contributed by atoms with E-state index in [0.29, 0.717) is 16.9 Å². The molecule has 4 nitrogen and oxygen atoms in total. The van der Waals surface area contributed by atoms with Crippen molar-refractivity contribution in [2.75, 3.05) is 6.54 Å². The van der Waals surface area contributed by atoms with Crippen molar-refractivity contribution < 1.29 is 27.5 Å². The summed E-state index contributed by atoms with van der Waals surface area (Å²) in [7, 11) is 0. The van der Waals surface area contributed by atoms with Gasteiger partial charge in [-0.2, -0.15) is 13.2 Å². The lowest BCUT2D eigenvalue weighted by Crippen LogP contribution is -2.24. The van der Waals surface area contributed by atoms with Gasteiger partial charge in [0.05, 0.1) is 0 Å². The van der Waals surface area contributed by atoms with Crippen LogP contribution in [0.5, 0.6) is 5.75 Å². The van der Waals surface area contributed by atoms with Crippen LogP contribution in [0, 0.1) is 13.8 Å². The summed E-state index contributed by atoms with van der Waals surface area (Å²) in [4.78, 5) is 22.8. The molecule has 0 aliphatic carbocycles. The van der Waals surface area contributed by atoms with Crippen LogP contribution in [-0.2, 0) is 10.2 Å².